The first kappa shape index (κ1) is 12.8. The molecule has 0 N–H and O–H groups in total. The number of carbonyl (C=O) groups is 2. The minimum Gasteiger partial charge on any atom is -0.342 e. The summed E-state index contributed by atoms with van der Waals surface area (Å²) in [6.07, 6.45) is 0.774. The van der Waals surface area contributed by atoms with Gasteiger partial charge < -0.3 is 9.80 Å². The molecule has 1 aromatic carbocycles. The number of rotatable bonds is 2. The molecule has 0 saturated carbocycles. The van der Waals surface area contributed by atoms with Crippen molar-refractivity contribution in [3.8, 4) is 0 Å². The van der Waals surface area contributed by atoms with Crippen molar-refractivity contribution in [2.45, 2.75) is 0 Å². The third kappa shape index (κ3) is 2.61. The number of hydrogen-bond acceptors (Lipinski definition) is 2. The van der Waals surface area contributed by atoms with Crippen LogP contribution in [0.4, 0.5) is 4.39 Å². The summed E-state index contributed by atoms with van der Waals surface area (Å²) in [6.45, 7) is 1.99. The van der Waals surface area contributed by atoms with Crippen LogP contribution in [0.2, 0.25) is 5.02 Å². The molecule has 96 valence electrons. The van der Waals surface area contributed by atoms with E-state index in [1.165, 1.54) is 18.2 Å². The Kier molecular flexibility index (Phi) is 3.81. The number of amides is 2. The van der Waals surface area contributed by atoms with Crippen LogP contribution < -0.4 is 0 Å². The normalized spacial score (nSPS) is 15.7. The van der Waals surface area contributed by atoms with Gasteiger partial charge in [0, 0.05) is 31.7 Å². The van der Waals surface area contributed by atoms with E-state index in [-0.39, 0.29) is 10.9 Å². The van der Waals surface area contributed by atoms with Crippen LogP contribution >= 0.6 is 11.6 Å². The fourth-order valence-electron chi connectivity index (χ4n) is 1.84. The van der Waals surface area contributed by atoms with Crippen LogP contribution in [-0.2, 0) is 4.79 Å². The van der Waals surface area contributed by atoms with Crippen LogP contribution in [0.3, 0.4) is 0 Å². The molecule has 1 saturated heterocycles. The minimum absolute atomic E-state index is 0.0626. The second-order valence-electron chi connectivity index (χ2n) is 4.06. The number of halogens is 2. The zero-order valence-electron chi connectivity index (χ0n) is 9.60. The first-order valence-corrected chi connectivity index (χ1v) is 5.93. The molecule has 1 heterocycles. The molecule has 4 nitrogen and oxygen atoms in total. The molecular weight excluding hydrogens is 259 g/mol. The smallest absolute Gasteiger partial charge is 0.254 e. The Morgan fingerprint density at radius 3 is 2.50 bits per heavy atom. The molecule has 6 heteroatoms. The Morgan fingerprint density at radius 1 is 1.28 bits per heavy atom. The van der Waals surface area contributed by atoms with Gasteiger partial charge in [-0.15, -0.1) is 0 Å². The summed E-state index contributed by atoms with van der Waals surface area (Å²) in [5.41, 5.74) is 0.362. The summed E-state index contributed by atoms with van der Waals surface area (Å²) in [7, 11) is 0. The molecule has 0 aliphatic carbocycles. The Morgan fingerprint density at radius 2 is 1.94 bits per heavy atom. The van der Waals surface area contributed by atoms with E-state index in [1.807, 2.05) is 0 Å². The molecule has 0 spiro atoms. The summed E-state index contributed by atoms with van der Waals surface area (Å²) in [4.78, 5) is 25.9. The monoisotopic (exact) mass is 270 g/mol. The van der Waals surface area contributed by atoms with Crippen LogP contribution in [-0.4, -0.2) is 48.3 Å². The highest BCUT2D eigenvalue weighted by Gasteiger charge is 2.21. The van der Waals surface area contributed by atoms with E-state index in [4.69, 9.17) is 11.6 Å². The van der Waals surface area contributed by atoms with E-state index in [2.05, 4.69) is 0 Å². The van der Waals surface area contributed by atoms with Gasteiger partial charge in [-0.2, -0.15) is 0 Å². The van der Waals surface area contributed by atoms with Crippen LogP contribution in [0.25, 0.3) is 0 Å². The van der Waals surface area contributed by atoms with E-state index >= 15 is 0 Å². The highest BCUT2D eigenvalue weighted by Crippen LogP contribution is 2.17. The maximum Gasteiger partial charge on any atom is 0.254 e. The lowest BCUT2D eigenvalue weighted by Crippen LogP contribution is -2.48. The molecule has 1 aromatic rings. The van der Waals surface area contributed by atoms with Gasteiger partial charge in [0.05, 0.1) is 5.02 Å². The van der Waals surface area contributed by atoms with Gasteiger partial charge in [-0.25, -0.2) is 4.39 Å². The zero-order chi connectivity index (χ0) is 13.1. The zero-order valence-corrected chi connectivity index (χ0v) is 10.4. The van der Waals surface area contributed by atoms with Crippen molar-refractivity contribution in [2.75, 3.05) is 26.2 Å². The van der Waals surface area contributed by atoms with E-state index in [1.54, 1.807) is 9.80 Å². The van der Waals surface area contributed by atoms with Crippen molar-refractivity contribution in [1.29, 1.82) is 0 Å². The topological polar surface area (TPSA) is 40.6 Å². The molecule has 0 unspecified atom stereocenters. The van der Waals surface area contributed by atoms with Gasteiger partial charge in [0.15, 0.2) is 0 Å². The Hall–Kier alpha value is -1.62. The summed E-state index contributed by atoms with van der Waals surface area (Å²) in [5, 5.41) is -0.0626. The number of piperazine rings is 1. The van der Waals surface area contributed by atoms with Gasteiger partial charge in [-0.05, 0) is 18.2 Å². The van der Waals surface area contributed by atoms with Gasteiger partial charge in [-0.1, -0.05) is 11.6 Å². The van der Waals surface area contributed by atoms with Crippen LogP contribution in [0.15, 0.2) is 18.2 Å². The SMILES string of the molecule is O=CN1CCN(C(=O)c2ccc(F)c(Cl)c2)CC1. The average molecular weight is 271 g/mol. The first-order chi connectivity index (χ1) is 8.61. The molecule has 0 atom stereocenters. The predicted octanol–water partition coefficient (Wildman–Crippen LogP) is 1.39. The van der Waals surface area contributed by atoms with Gasteiger partial charge in [-0.3, -0.25) is 9.59 Å². The summed E-state index contributed by atoms with van der Waals surface area (Å²) < 4.78 is 13.0. The third-order valence-corrected chi connectivity index (χ3v) is 3.21. The molecule has 1 fully saturated rings. The van der Waals surface area contributed by atoms with Gasteiger partial charge in [0.1, 0.15) is 5.82 Å². The molecular formula is C12H12ClFN2O2. The molecule has 2 amide bonds. The van der Waals surface area contributed by atoms with Crippen LogP contribution in [0.1, 0.15) is 10.4 Å². The van der Waals surface area contributed by atoms with Crippen molar-refractivity contribution in [3.05, 3.63) is 34.6 Å². The third-order valence-electron chi connectivity index (χ3n) is 2.92. The summed E-state index contributed by atoms with van der Waals surface area (Å²) in [6, 6.07) is 3.91. The fraction of sp³-hybridized carbons (Fsp3) is 0.333. The van der Waals surface area contributed by atoms with Crippen molar-refractivity contribution < 1.29 is 14.0 Å². The highest BCUT2D eigenvalue weighted by atomic mass is 35.5. The number of nitrogens with zero attached hydrogens (tertiary/aromatic N) is 2. The fourth-order valence-corrected chi connectivity index (χ4v) is 2.02. The molecule has 2 rings (SSSR count). The Bertz CT molecular complexity index is 473. The van der Waals surface area contributed by atoms with Gasteiger partial charge >= 0.3 is 0 Å². The highest BCUT2D eigenvalue weighted by molar-refractivity contribution is 6.31. The quantitative estimate of drug-likeness (QED) is 0.762. The second kappa shape index (κ2) is 5.35. The Balaban J connectivity index is 2.07. The van der Waals surface area contributed by atoms with E-state index < -0.39 is 5.82 Å². The molecule has 1 aliphatic rings. The molecule has 0 radical (unpaired) electrons. The van der Waals surface area contributed by atoms with Crippen molar-refractivity contribution in [2.24, 2.45) is 0 Å². The summed E-state index contributed by atoms with van der Waals surface area (Å²) >= 11 is 5.64. The molecule has 0 aromatic heterocycles. The van der Waals surface area contributed by atoms with E-state index in [9.17, 15) is 14.0 Å². The molecule has 0 bridgehead atoms. The Labute approximate surface area is 109 Å². The minimum atomic E-state index is -0.543. The van der Waals surface area contributed by atoms with Gasteiger partial charge in [0.25, 0.3) is 5.91 Å². The first-order valence-electron chi connectivity index (χ1n) is 5.55. The maximum absolute atomic E-state index is 13.0. The number of hydrogen-bond donors (Lipinski definition) is 0. The molecule has 1 aliphatic heterocycles. The van der Waals surface area contributed by atoms with E-state index in [0.717, 1.165) is 6.41 Å². The lowest BCUT2D eigenvalue weighted by molar-refractivity contribution is -0.119. The molecule has 18 heavy (non-hydrogen) atoms. The predicted molar refractivity (Wildman–Crippen MR) is 65.0 cm³/mol. The van der Waals surface area contributed by atoms with E-state index in [0.29, 0.717) is 31.7 Å². The van der Waals surface area contributed by atoms with Crippen molar-refractivity contribution in [1.82, 2.24) is 9.80 Å². The summed E-state index contributed by atoms with van der Waals surface area (Å²) in [5.74, 6) is -0.735. The number of carbonyl (C=O) groups excluding carboxylic acids is 2. The number of benzene rings is 1. The lowest BCUT2D eigenvalue weighted by atomic mass is 10.2. The second-order valence-corrected chi connectivity index (χ2v) is 4.47. The van der Waals surface area contributed by atoms with Crippen LogP contribution in [0, 0.1) is 5.82 Å². The largest absolute Gasteiger partial charge is 0.342 e. The maximum atomic E-state index is 13.0. The van der Waals surface area contributed by atoms with Crippen molar-refractivity contribution >= 4 is 23.9 Å². The van der Waals surface area contributed by atoms with Gasteiger partial charge in [0.2, 0.25) is 6.41 Å². The lowest BCUT2D eigenvalue weighted by Gasteiger charge is -2.32. The van der Waals surface area contributed by atoms with Crippen LogP contribution in [0.5, 0.6) is 0 Å². The van der Waals surface area contributed by atoms with Crippen molar-refractivity contribution in [3.63, 3.8) is 0 Å². The average Bonchev–Trinajstić information content (AvgIpc) is 2.41. The standard InChI is InChI=1S/C12H12ClFN2O2/c13-10-7-9(1-2-11(10)14)12(18)16-5-3-15(8-17)4-6-16/h1-2,7-8H,3-6H2.